The fourth-order valence-corrected chi connectivity index (χ4v) is 3.47. The molecule has 2 heterocycles. The van der Waals surface area contributed by atoms with E-state index in [9.17, 15) is 9.59 Å². The van der Waals surface area contributed by atoms with E-state index in [2.05, 4.69) is 5.32 Å². The monoisotopic (exact) mass is 452 g/mol. The Kier molecular flexibility index (Phi) is 8.18. The number of aryl methyl sites for hydroxylation is 1. The van der Waals surface area contributed by atoms with Crippen LogP contribution in [0.25, 0.3) is 0 Å². The summed E-state index contributed by atoms with van der Waals surface area (Å²) in [4.78, 5) is 29.8. The fourth-order valence-electron chi connectivity index (χ4n) is 3.47. The van der Waals surface area contributed by atoms with Crippen LogP contribution in [0.15, 0.2) is 65.4 Å². The number of nitrogens with one attached hydrogen (secondary N) is 1. The molecule has 8 nitrogen and oxygen atoms in total. The minimum Gasteiger partial charge on any atom is -0.497 e. The average molecular weight is 453 g/mol. The van der Waals surface area contributed by atoms with Crippen molar-refractivity contribution in [1.82, 2.24) is 14.4 Å². The molecule has 0 aliphatic rings. The summed E-state index contributed by atoms with van der Waals surface area (Å²) < 4.78 is 12.7. The summed E-state index contributed by atoms with van der Waals surface area (Å²) in [6.07, 6.45) is 4.25. The second kappa shape index (κ2) is 11.3. The lowest BCUT2D eigenvalue weighted by molar-refractivity contribution is -0.133. The number of carbonyl (C=O) groups excluding carboxylic acids is 2. The predicted molar refractivity (Wildman–Crippen MR) is 127 cm³/mol. The Labute approximate surface area is 194 Å². The van der Waals surface area contributed by atoms with Crippen LogP contribution in [-0.4, -0.2) is 46.0 Å². The lowest BCUT2D eigenvalue weighted by Gasteiger charge is -2.31. The molecule has 3 aromatic rings. The Hall–Kier alpha value is -3.68. The summed E-state index contributed by atoms with van der Waals surface area (Å²) in [6, 6.07) is 14.2. The Morgan fingerprint density at radius 1 is 1.15 bits per heavy atom. The van der Waals surface area contributed by atoms with Crippen molar-refractivity contribution >= 4 is 17.6 Å². The van der Waals surface area contributed by atoms with Gasteiger partial charge in [-0.1, -0.05) is 13.0 Å². The number of aromatic nitrogens is 1. The van der Waals surface area contributed by atoms with Crippen LogP contribution in [0.2, 0.25) is 0 Å². The first kappa shape index (κ1) is 24.0. The van der Waals surface area contributed by atoms with E-state index in [1.165, 1.54) is 0 Å². The maximum Gasteiger partial charge on any atom is 0.322 e. The van der Waals surface area contributed by atoms with E-state index in [4.69, 9.17) is 9.15 Å². The van der Waals surface area contributed by atoms with E-state index >= 15 is 0 Å². The van der Waals surface area contributed by atoms with Crippen LogP contribution >= 0.6 is 0 Å². The van der Waals surface area contributed by atoms with Crippen molar-refractivity contribution in [3.63, 3.8) is 0 Å². The van der Waals surface area contributed by atoms with Crippen LogP contribution in [-0.2, 0) is 24.9 Å². The second-order valence-electron chi connectivity index (χ2n) is 7.99. The van der Waals surface area contributed by atoms with Crippen molar-refractivity contribution in [3.05, 3.63) is 72.4 Å². The molecule has 1 unspecified atom stereocenters. The number of furan rings is 1. The van der Waals surface area contributed by atoms with Gasteiger partial charge >= 0.3 is 6.03 Å². The number of hydrogen-bond acceptors (Lipinski definition) is 4. The van der Waals surface area contributed by atoms with Crippen LogP contribution in [0.3, 0.4) is 0 Å². The average Bonchev–Trinajstić information content (AvgIpc) is 3.48. The van der Waals surface area contributed by atoms with Crippen LogP contribution < -0.4 is 10.1 Å². The highest BCUT2D eigenvalue weighted by Gasteiger charge is 2.26. The van der Waals surface area contributed by atoms with Gasteiger partial charge in [-0.25, -0.2) is 4.79 Å². The van der Waals surface area contributed by atoms with Gasteiger partial charge in [-0.3, -0.25) is 4.79 Å². The molecule has 0 aliphatic carbocycles. The van der Waals surface area contributed by atoms with E-state index in [0.29, 0.717) is 30.3 Å². The minimum atomic E-state index is -0.331. The van der Waals surface area contributed by atoms with Gasteiger partial charge in [0.25, 0.3) is 0 Å². The molecule has 0 saturated carbocycles. The first-order valence-corrected chi connectivity index (χ1v) is 11.0. The number of methoxy groups -OCH3 is 1. The number of benzene rings is 1. The van der Waals surface area contributed by atoms with Crippen molar-refractivity contribution in [3.8, 4) is 5.75 Å². The summed E-state index contributed by atoms with van der Waals surface area (Å²) in [6.45, 7) is 4.62. The van der Waals surface area contributed by atoms with Gasteiger partial charge in [0, 0.05) is 36.7 Å². The van der Waals surface area contributed by atoms with Crippen LogP contribution in [0.1, 0.15) is 31.7 Å². The number of hydrogen-bond donors (Lipinski definition) is 1. The van der Waals surface area contributed by atoms with Gasteiger partial charge < -0.3 is 28.8 Å². The molecule has 1 N–H and O–H groups in total. The Bertz CT molecular complexity index is 1040. The molecule has 33 heavy (non-hydrogen) atoms. The van der Waals surface area contributed by atoms with Gasteiger partial charge in [0.05, 0.1) is 26.5 Å². The molecule has 1 aromatic carbocycles. The summed E-state index contributed by atoms with van der Waals surface area (Å²) >= 11 is 0. The molecule has 1 atom stereocenters. The molecule has 8 heteroatoms. The predicted octanol–water partition coefficient (Wildman–Crippen LogP) is 4.49. The van der Waals surface area contributed by atoms with Gasteiger partial charge in [0.2, 0.25) is 5.91 Å². The van der Waals surface area contributed by atoms with Gasteiger partial charge in [0.15, 0.2) is 0 Å². The number of ether oxygens (including phenoxy) is 1. The summed E-state index contributed by atoms with van der Waals surface area (Å²) in [5, 5.41) is 2.89. The van der Waals surface area contributed by atoms with E-state index < -0.39 is 0 Å². The number of anilines is 1. The summed E-state index contributed by atoms with van der Waals surface area (Å²) in [5.41, 5.74) is 1.60. The first-order chi connectivity index (χ1) is 15.9. The lowest BCUT2D eigenvalue weighted by Crippen LogP contribution is -2.48. The molecule has 3 amide bonds. The fraction of sp³-hybridized carbons (Fsp3) is 0.360. The number of nitrogens with zero attached hydrogens (tertiary/aromatic N) is 3. The molecule has 0 spiro atoms. The summed E-state index contributed by atoms with van der Waals surface area (Å²) in [7, 11) is 3.52. The molecular formula is C25H32N4O4. The quantitative estimate of drug-likeness (QED) is 0.492. The van der Waals surface area contributed by atoms with E-state index in [-0.39, 0.29) is 24.5 Å². The molecule has 176 valence electrons. The molecule has 2 aromatic heterocycles. The molecule has 3 rings (SSSR count). The molecule has 0 saturated heterocycles. The number of rotatable bonds is 10. The van der Waals surface area contributed by atoms with Gasteiger partial charge in [-0.15, -0.1) is 0 Å². The van der Waals surface area contributed by atoms with Crippen LogP contribution in [0.5, 0.6) is 5.75 Å². The topological polar surface area (TPSA) is 80.0 Å². The van der Waals surface area contributed by atoms with Crippen molar-refractivity contribution in [2.24, 2.45) is 7.05 Å². The zero-order valence-electron chi connectivity index (χ0n) is 19.7. The first-order valence-electron chi connectivity index (χ1n) is 11.0. The SMILES string of the molecule is CCC(C)N(CC(=O)N(Cc1ccco1)Cc1cccn1C)C(=O)Nc1cccc(OC)c1. The van der Waals surface area contributed by atoms with Crippen molar-refractivity contribution < 1.29 is 18.7 Å². The number of amides is 3. The maximum atomic E-state index is 13.4. The smallest absolute Gasteiger partial charge is 0.322 e. The van der Waals surface area contributed by atoms with Crippen LogP contribution in [0, 0.1) is 0 Å². The third-order valence-corrected chi connectivity index (χ3v) is 5.69. The van der Waals surface area contributed by atoms with Gasteiger partial charge in [-0.2, -0.15) is 0 Å². The van der Waals surface area contributed by atoms with Crippen LogP contribution in [0.4, 0.5) is 10.5 Å². The highest BCUT2D eigenvalue weighted by Crippen LogP contribution is 2.18. The molecule has 0 aliphatic heterocycles. The molecule has 0 radical (unpaired) electrons. The highest BCUT2D eigenvalue weighted by molar-refractivity contribution is 5.92. The number of urea groups is 1. The van der Waals surface area contributed by atoms with E-state index in [1.807, 2.05) is 55.9 Å². The van der Waals surface area contributed by atoms with Gasteiger partial charge in [-0.05, 0) is 49.7 Å². The highest BCUT2D eigenvalue weighted by atomic mass is 16.5. The zero-order valence-corrected chi connectivity index (χ0v) is 19.7. The molecule has 0 bridgehead atoms. The number of carbonyl (C=O) groups is 2. The standard InChI is InChI=1S/C25H32N4O4/c1-5-19(2)29(25(31)26-20-9-6-11-22(15-20)32-4)18-24(30)28(17-23-12-8-14-33-23)16-21-10-7-13-27(21)3/h6-15,19H,5,16-18H2,1-4H3,(H,26,31). The van der Waals surface area contributed by atoms with Crippen molar-refractivity contribution in [2.75, 3.05) is 19.0 Å². The third-order valence-electron chi connectivity index (χ3n) is 5.69. The maximum absolute atomic E-state index is 13.4. The molecular weight excluding hydrogens is 420 g/mol. The van der Waals surface area contributed by atoms with Crippen molar-refractivity contribution in [2.45, 2.75) is 39.4 Å². The summed E-state index contributed by atoms with van der Waals surface area (Å²) in [5.74, 6) is 1.17. The third kappa shape index (κ3) is 6.41. The van der Waals surface area contributed by atoms with Gasteiger partial charge in [0.1, 0.15) is 18.1 Å². The Balaban J connectivity index is 1.77. The normalized spacial score (nSPS) is 11.6. The van der Waals surface area contributed by atoms with E-state index in [1.54, 1.807) is 47.4 Å². The lowest BCUT2D eigenvalue weighted by atomic mass is 10.2. The zero-order chi connectivity index (χ0) is 23.8. The largest absolute Gasteiger partial charge is 0.497 e. The Morgan fingerprint density at radius 2 is 1.97 bits per heavy atom. The molecule has 0 fully saturated rings. The Morgan fingerprint density at radius 3 is 2.61 bits per heavy atom. The second-order valence-corrected chi connectivity index (χ2v) is 7.99. The minimum absolute atomic E-state index is 0.0457. The van der Waals surface area contributed by atoms with E-state index in [0.717, 1.165) is 12.1 Å². The van der Waals surface area contributed by atoms with Crippen molar-refractivity contribution in [1.29, 1.82) is 0 Å².